The highest BCUT2D eigenvalue weighted by molar-refractivity contribution is 7.18. The quantitative estimate of drug-likeness (QED) is 0.738. The zero-order valence-electron chi connectivity index (χ0n) is 7.20. The number of carbonyl (C=O) groups is 1. The van der Waals surface area contributed by atoms with Crippen molar-refractivity contribution in [2.75, 3.05) is 11.1 Å². The van der Waals surface area contributed by atoms with E-state index in [1.807, 2.05) is 6.92 Å². The standard InChI is InChI=1S/C7H10N4OS/c1-7(2-3-7)4(12)9-6-11-10-5(8)13-6/h2-3H2,1H3,(H2,8,10)(H,9,11,12). The summed E-state index contributed by atoms with van der Waals surface area (Å²) in [4.78, 5) is 11.5. The van der Waals surface area contributed by atoms with E-state index in [4.69, 9.17) is 5.73 Å². The number of nitrogens with two attached hydrogens (primary N) is 1. The van der Waals surface area contributed by atoms with Crippen LogP contribution < -0.4 is 11.1 Å². The van der Waals surface area contributed by atoms with E-state index in [0.717, 1.165) is 12.8 Å². The molecule has 1 aromatic rings. The molecule has 1 saturated carbocycles. The van der Waals surface area contributed by atoms with Crippen molar-refractivity contribution < 1.29 is 4.79 Å². The van der Waals surface area contributed by atoms with Gasteiger partial charge in [-0.3, -0.25) is 10.1 Å². The molecule has 70 valence electrons. The number of nitrogens with zero attached hydrogens (tertiary/aromatic N) is 2. The highest BCUT2D eigenvalue weighted by Crippen LogP contribution is 2.45. The number of rotatable bonds is 2. The normalized spacial score (nSPS) is 18.2. The van der Waals surface area contributed by atoms with Gasteiger partial charge in [0.1, 0.15) is 0 Å². The van der Waals surface area contributed by atoms with E-state index < -0.39 is 0 Å². The molecule has 0 unspecified atom stereocenters. The number of hydrogen-bond acceptors (Lipinski definition) is 5. The van der Waals surface area contributed by atoms with Gasteiger partial charge >= 0.3 is 0 Å². The molecule has 1 fully saturated rings. The van der Waals surface area contributed by atoms with Crippen molar-refractivity contribution in [2.45, 2.75) is 19.8 Å². The molecule has 1 amide bonds. The fourth-order valence-corrected chi connectivity index (χ4v) is 1.45. The van der Waals surface area contributed by atoms with Crippen LogP contribution in [0.4, 0.5) is 10.3 Å². The largest absolute Gasteiger partial charge is 0.374 e. The third-order valence-electron chi connectivity index (χ3n) is 2.21. The molecule has 1 aliphatic carbocycles. The van der Waals surface area contributed by atoms with Gasteiger partial charge in [0, 0.05) is 5.41 Å². The second-order valence-electron chi connectivity index (χ2n) is 3.46. The van der Waals surface area contributed by atoms with Crippen molar-refractivity contribution in [1.29, 1.82) is 0 Å². The summed E-state index contributed by atoms with van der Waals surface area (Å²) in [5.74, 6) is 0.0173. The molecule has 0 saturated heterocycles. The van der Waals surface area contributed by atoms with Gasteiger partial charge in [-0.1, -0.05) is 18.3 Å². The summed E-state index contributed by atoms with van der Waals surface area (Å²) in [6, 6.07) is 0. The molecule has 2 rings (SSSR count). The molecule has 6 heteroatoms. The van der Waals surface area contributed by atoms with Gasteiger partial charge in [-0.05, 0) is 12.8 Å². The number of amides is 1. The van der Waals surface area contributed by atoms with Gasteiger partial charge in [-0.2, -0.15) is 0 Å². The molecule has 13 heavy (non-hydrogen) atoms. The van der Waals surface area contributed by atoms with E-state index in [-0.39, 0.29) is 11.3 Å². The minimum Gasteiger partial charge on any atom is -0.374 e. The highest BCUT2D eigenvalue weighted by Gasteiger charge is 2.45. The smallest absolute Gasteiger partial charge is 0.232 e. The molecule has 0 aromatic carbocycles. The van der Waals surface area contributed by atoms with E-state index in [2.05, 4.69) is 15.5 Å². The molecule has 1 aliphatic rings. The van der Waals surface area contributed by atoms with E-state index in [1.54, 1.807) is 0 Å². The zero-order chi connectivity index (χ0) is 9.47. The summed E-state index contributed by atoms with van der Waals surface area (Å²) in [7, 11) is 0. The van der Waals surface area contributed by atoms with E-state index in [9.17, 15) is 4.79 Å². The number of hydrogen-bond donors (Lipinski definition) is 2. The average Bonchev–Trinajstić information content (AvgIpc) is 2.69. The van der Waals surface area contributed by atoms with Crippen LogP contribution in [0.1, 0.15) is 19.8 Å². The van der Waals surface area contributed by atoms with Crippen LogP contribution in [0, 0.1) is 5.41 Å². The van der Waals surface area contributed by atoms with Crippen molar-refractivity contribution in [1.82, 2.24) is 10.2 Å². The van der Waals surface area contributed by atoms with Gasteiger partial charge in [0.05, 0.1) is 0 Å². The SMILES string of the molecule is CC1(C(=O)Nc2nnc(N)s2)CC1. The Morgan fingerprint density at radius 2 is 2.31 bits per heavy atom. The topological polar surface area (TPSA) is 80.9 Å². The first-order chi connectivity index (χ1) is 6.10. The fourth-order valence-electron chi connectivity index (χ4n) is 0.948. The molecule has 3 N–H and O–H groups in total. The first-order valence-corrected chi connectivity index (χ1v) is 4.82. The number of carbonyl (C=O) groups excluding carboxylic acids is 1. The van der Waals surface area contributed by atoms with Crippen LogP contribution in [0.2, 0.25) is 0 Å². The first kappa shape index (κ1) is 8.43. The Balaban J connectivity index is 2.02. The monoisotopic (exact) mass is 198 g/mol. The minimum absolute atomic E-state index is 0.0173. The maximum Gasteiger partial charge on any atom is 0.232 e. The Morgan fingerprint density at radius 3 is 2.77 bits per heavy atom. The second-order valence-corrected chi connectivity index (χ2v) is 4.47. The molecular formula is C7H10N4OS. The lowest BCUT2D eigenvalue weighted by molar-refractivity contribution is -0.120. The van der Waals surface area contributed by atoms with Gasteiger partial charge in [-0.15, -0.1) is 10.2 Å². The predicted molar refractivity (Wildman–Crippen MR) is 50.3 cm³/mol. The molecule has 0 spiro atoms. The van der Waals surface area contributed by atoms with Crippen molar-refractivity contribution in [3.05, 3.63) is 0 Å². The summed E-state index contributed by atoms with van der Waals surface area (Å²) in [6.07, 6.45) is 1.90. The average molecular weight is 198 g/mol. The molecule has 5 nitrogen and oxygen atoms in total. The van der Waals surface area contributed by atoms with Crippen molar-refractivity contribution in [3.63, 3.8) is 0 Å². The molecule has 0 aliphatic heterocycles. The lowest BCUT2D eigenvalue weighted by atomic mass is 10.1. The van der Waals surface area contributed by atoms with E-state index in [1.165, 1.54) is 11.3 Å². The van der Waals surface area contributed by atoms with Crippen LogP contribution in [-0.4, -0.2) is 16.1 Å². The molecular weight excluding hydrogens is 188 g/mol. The molecule has 1 heterocycles. The molecule has 1 aromatic heterocycles. The lowest BCUT2D eigenvalue weighted by Crippen LogP contribution is -2.21. The van der Waals surface area contributed by atoms with Crippen LogP contribution in [0.25, 0.3) is 0 Å². The Hall–Kier alpha value is -1.17. The van der Waals surface area contributed by atoms with Crippen molar-refractivity contribution in [2.24, 2.45) is 5.41 Å². The van der Waals surface area contributed by atoms with E-state index >= 15 is 0 Å². The van der Waals surface area contributed by atoms with Crippen molar-refractivity contribution >= 4 is 27.5 Å². The summed E-state index contributed by atoms with van der Waals surface area (Å²) in [6.45, 7) is 1.94. The summed E-state index contributed by atoms with van der Waals surface area (Å²) < 4.78 is 0. The second kappa shape index (κ2) is 2.66. The van der Waals surface area contributed by atoms with Crippen LogP contribution in [-0.2, 0) is 4.79 Å². The van der Waals surface area contributed by atoms with Crippen molar-refractivity contribution in [3.8, 4) is 0 Å². The molecule has 0 radical (unpaired) electrons. The minimum atomic E-state index is -0.180. The first-order valence-electron chi connectivity index (χ1n) is 4.01. The maximum atomic E-state index is 11.5. The van der Waals surface area contributed by atoms with Gasteiger partial charge < -0.3 is 5.73 Å². The fraction of sp³-hybridized carbons (Fsp3) is 0.571. The Bertz CT molecular complexity index is 344. The van der Waals surface area contributed by atoms with Crippen LogP contribution in [0.3, 0.4) is 0 Å². The van der Waals surface area contributed by atoms with Gasteiger partial charge in [0.15, 0.2) is 0 Å². The van der Waals surface area contributed by atoms with Gasteiger partial charge in [0.2, 0.25) is 16.2 Å². The Morgan fingerprint density at radius 1 is 1.62 bits per heavy atom. The maximum absolute atomic E-state index is 11.5. The van der Waals surface area contributed by atoms with Crippen LogP contribution in [0.15, 0.2) is 0 Å². The van der Waals surface area contributed by atoms with Crippen LogP contribution >= 0.6 is 11.3 Å². The number of nitrogens with one attached hydrogen (secondary N) is 1. The van der Waals surface area contributed by atoms with Crippen LogP contribution in [0.5, 0.6) is 0 Å². The zero-order valence-corrected chi connectivity index (χ0v) is 8.02. The third kappa shape index (κ3) is 1.62. The Kier molecular flexibility index (Phi) is 1.73. The van der Waals surface area contributed by atoms with Gasteiger partial charge in [0.25, 0.3) is 0 Å². The van der Waals surface area contributed by atoms with E-state index in [0.29, 0.717) is 10.3 Å². The number of nitrogen functional groups attached to an aromatic ring is 1. The number of anilines is 2. The summed E-state index contributed by atoms with van der Waals surface area (Å²) in [5.41, 5.74) is 5.19. The third-order valence-corrected chi connectivity index (χ3v) is 2.88. The predicted octanol–water partition coefficient (Wildman–Crippen LogP) is 0.859. The van der Waals surface area contributed by atoms with Gasteiger partial charge in [-0.25, -0.2) is 0 Å². The molecule has 0 bridgehead atoms. The lowest BCUT2D eigenvalue weighted by Gasteiger charge is -2.05. The molecule has 0 atom stereocenters. The Labute approximate surface area is 79.3 Å². The highest BCUT2D eigenvalue weighted by atomic mass is 32.1. The summed E-state index contributed by atoms with van der Waals surface area (Å²) in [5, 5.41) is 10.9. The number of aromatic nitrogens is 2. The summed E-state index contributed by atoms with van der Waals surface area (Å²) >= 11 is 1.18.